The van der Waals surface area contributed by atoms with Gasteiger partial charge >= 0.3 is 0 Å². The number of piperazine rings is 1. The fourth-order valence-electron chi connectivity index (χ4n) is 6.36. The third-order valence-electron chi connectivity index (χ3n) is 8.61. The van der Waals surface area contributed by atoms with E-state index in [0.717, 1.165) is 43.4 Å². The highest BCUT2D eigenvalue weighted by Crippen LogP contribution is 2.40. The van der Waals surface area contributed by atoms with Crippen LogP contribution in [0.3, 0.4) is 0 Å². The molecular weight excluding hydrogens is 565 g/mol. The lowest BCUT2D eigenvalue weighted by atomic mass is 9.84. The van der Waals surface area contributed by atoms with Crippen LogP contribution in [0.2, 0.25) is 5.02 Å². The number of morpholine rings is 1. The van der Waals surface area contributed by atoms with E-state index in [-0.39, 0.29) is 24.7 Å². The van der Waals surface area contributed by atoms with Crippen LogP contribution in [0.25, 0.3) is 16.8 Å². The molecule has 2 aliphatic heterocycles. The zero-order valence-corrected chi connectivity index (χ0v) is 23.6. The molecule has 1 aliphatic carbocycles. The first-order chi connectivity index (χ1) is 20.4. The second-order valence-corrected chi connectivity index (χ2v) is 11.5. The van der Waals surface area contributed by atoms with Crippen LogP contribution >= 0.6 is 11.6 Å². The van der Waals surface area contributed by atoms with Crippen LogP contribution < -0.4 is 4.74 Å². The fourth-order valence-corrected chi connectivity index (χ4v) is 6.58. The number of hydrogen-bond donors (Lipinski definition) is 1. The van der Waals surface area contributed by atoms with Crippen molar-refractivity contribution in [1.29, 1.82) is 5.26 Å². The largest absolute Gasteiger partial charge is 0.479 e. The third-order valence-corrected chi connectivity index (χ3v) is 8.89. The number of halogens is 2. The van der Waals surface area contributed by atoms with Crippen LogP contribution in [0.1, 0.15) is 36.4 Å². The number of aliphatic hydroxyl groups excluding tert-OH is 1. The molecule has 2 unspecified atom stereocenters. The molecule has 7 rings (SSSR count). The zero-order chi connectivity index (χ0) is 29.0. The maximum absolute atomic E-state index is 13.4. The highest BCUT2D eigenvalue weighted by molar-refractivity contribution is 6.34. The van der Waals surface area contributed by atoms with E-state index in [2.05, 4.69) is 31.5 Å². The molecule has 0 amide bonds. The second kappa shape index (κ2) is 10.8. The number of nitriles is 1. The van der Waals surface area contributed by atoms with Crippen LogP contribution in [0, 0.1) is 24.2 Å². The van der Waals surface area contributed by atoms with Gasteiger partial charge in [0.1, 0.15) is 22.8 Å². The number of rotatable bonds is 7. The molecule has 4 aromatic rings. The van der Waals surface area contributed by atoms with Gasteiger partial charge in [0, 0.05) is 30.9 Å². The first-order valence-corrected chi connectivity index (χ1v) is 14.3. The van der Waals surface area contributed by atoms with Gasteiger partial charge in [-0.3, -0.25) is 14.8 Å². The number of fused-ring (bicyclic) bond motifs is 3. The molecule has 2 saturated heterocycles. The Kier molecular flexibility index (Phi) is 6.94. The van der Waals surface area contributed by atoms with Gasteiger partial charge in [-0.15, -0.1) is 5.10 Å². The smallest absolute Gasteiger partial charge is 0.180 e. The highest BCUT2D eigenvalue weighted by Gasteiger charge is 2.44. The van der Waals surface area contributed by atoms with Gasteiger partial charge in [0.25, 0.3) is 0 Å². The van der Waals surface area contributed by atoms with E-state index in [0.29, 0.717) is 46.9 Å². The number of aromatic nitrogens is 6. The molecule has 3 atom stereocenters. The Hall–Kier alpha value is -3.83. The maximum Gasteiger partial charge on any atom is 0.180 e. The molecule has 4 aromatic heterocycles. The monoisotopic (exact) mass is 593 g/mol. The van der Waals surface area contributed by atoms with Crippen LogP contribution in [-0.4, -0.2) is 95.5 Å². The van der Waals surface area contributed by atoms with Crippen LogP contribution in [0.5, 0.6) is 5.75 Å². The number of hydrogen-bond acceptors (Lipinski definition) is 10. The summed E-state index contributed by atoms with van der Waals surface area (Å²) in [4.78, 5) is 8.48. The Morgan fingerprint density at radius 3 is 2.67 bits per heavy atom. The zero-order valence-electron chi connectivity index (χ0n) is 22.8. The van der Waals surface area contributed by atoms with Gasteiger partial charge in [0.2, 0.25) is 0 Å². The summed E-state index contributed by atoms with van der Waals surface area (Å²) in [6, 6.07) is 5.44. The predicted octanol–water partition coefficient (Wildman–Crippen LogP) is 2.77. The lowest BCUT2D eigenvalue weighted by molar-refractivity contribution is -0.0923. The molecule has 12 nitrogen and oxygen atoms in total. The van der Waals surface area contributed by atoms with Gasteiger partial charge in [-0.05, 0) is 38.0 Å². The third kappa shape index (κ3) is 4.64. The topological polar surface area (TPSA) is 130 Å². The molecule has 14 heteroatoms. The van der Waals surface area contributed by atoms with Crippen molar-refractivity contribution in [3.63, 3.8) is 0 Å². The summed E-state index contributed by atoms with van der Waals surface area (Å²) in [6.07, 6.45) is 7.85. The molecule has 218 valence electrons. The van der Waals surface area contributed by atoms with Gasteiger partial charge in [0.15, 0.2) is 12.3 Å². The summed E-state index contributed by atoms with van der Waals surface area (Å²) in [6.45, 7) is 4.48. The van der Waals surface area contributed by atoms with E-state index in [4.69, 9.17) is 21.1 Å². The second-order valence-electron chi connectivity index (χ2n) is 11.1. The van der Waals surface area contributed by atoms with Gasteiger partial charge < -0.3 is 14.6 Å². The number of pyridine rings is 2. The van der Waals surface area contributed by atoms with E-state index < -0.39 is 11.9 Å². The van der Waals surface area contributed by atoms with Crippen molar-refractivity contribution in [1.82, 2.24) is 39.4 Å². The minimum atomic E-state index is -0.847. The normalized spacial score (nSPS) is 24.8. The molecule has 0 aromatic carbocycles. The molecule has 1 saturated carbocycles. The van der Waals surface area contributed by atoms with E-state index in [1.807, 2.05) is 22.7 Å². The molecule has 6 heterocycles. The van der Waals surface area contributed by atoms with Crippen LogP contribution in [0.4, 0.5) is 4.39 Å². The van der Waals surface area contributed by atoms with E-state index >= 15 is 0 Å². The van der Waals surface area contributed by atoms with Gasteiger partial charge in [0.05, 0.1) is 66.8 Å². The van der Waals surface area contributed by atoms with Crippen LogP contribution in [-0.2, 0) is 4.74 Å². The number of ether oxygens (including phenoxy) is 2. The quantitative estimate of drug-likeness (QED) is 0.319. The summed E-state index contributed by atoms with van der Waals surface area (Å²) in [5.74, 6) is -0.0994. The van der Waals surface area contributed by atoms with Gasteiger partial charge in [-0.1, -0.05) is 16.8 Å². The Balaban J connectivity index is 1.11. The molecule has 3 fully saturated rings. The van der Waals surface area contributed by atoms with Crippen molar-refractivity contribution >= 4 is 17.1 Å². The molecule has 2 bridgehead atoms. The molecule has 0 spiro atoms. The SMILES string of the molecule is Cc1c(-c2cc(O[C@H](CO)c3ccc(F)cn3)c3c(Cl)cnn3c2)nnn1C1CC(N2CC3COCC(C2)N3C#N)C1. The molecule has 1 N–H and O–H groups in total. The minimum absolute atomic E-state index is 0.118. The van der Waals surface area contributed by atoms with Crippen molar-refractivity contribution < 1.29 is 19.0 Å². The lowest BCUT2D eigenvalue weighted by Gasteiger charge is -2.52. The first kappa shape index (κ1) is 27.0. The van der Waals surface area contributed by atoms with Crippen molar-refractivity contribution in [2.24, 2.45) is 0 Å². The molecular formula is C28H29ClFN9O3. The van der Waals surface area contributed by atoms with Crippen molar-refractivity contribution in [3.05, 3.63) is 59.0 Å². The molecule has 0 radical (unpaired) electrons. The average Bonchev–Trinajstić information content (AvgIpc) is 3.53. The summed E-state index contributed by atoms with van der Waals surface area (Å²) >= 11 is 6.45. The van der Waals surface area contributed by atoms with Crippen molar-refractivity contribution in [2.75, 3.05) is 32.9 Å². The summed E-state index contributed by atoms with van der Waals surface area (Å²) in [7, 11) is 0. The molecule has 42 heavy (non-hydrogen) atoms. The van der Waals surface area contributed by atoms with Gasteiger partial charge in [-0.2, -0.15) is 10.4 Å². The lowest BCUT2D eigenvalue weighted by Crippen LogP contribution is -2.65. The highest BCUT2D eigenvalue weighted by atomic mass is 35.5. The number of aliphatic hydroxyl groups is 1. The van der Waals surface area contributed by atoms with E-state index in [9.17, 15) is 14.8 Å². The van der Waals surface area contributed by atoms with Crippen molar-refractivity contribution in [3.8, 4) is 23.2 Å². The van der Waals surface area contributed by atoms with Crippen molar-refractivity contribution in [2.45, 2.75) is 50.0 Å². The van der Waals surface area contributed by atoms with E-state index in [1.165, 1.54) is 18.3 Å². The number of nitrogens with zero attached hydrogens (tertiary/aromatic N) is 9. The fraction of sp³-hybridized carbons (Fsp3) is 0.464. The summed E-state index contributed by atoms with van der Waals surface area (Å²) < 4.78 is 28.9. The first-order valence-electron chi connectivity index (χ1n) is 13.9. The van der Waals surface area contributed by atoms with Gasteiger partial charge in [-0.25, -0.2) is 13.6 Å². The standard InChI is InChI=1S/C28H29ClFN9O3/c1-16-27(34-35-39(16)20-5-19(6-20)36-10-21-13-41-14-22(11-36)37(21)15-31)17-4-25(28-23(29)8-33-38(28)9-17)42-26(12-40)24-3-2-18(30)7-32-24/h2-4,7-9,19-22,26,40H,5-6,10-14H2,1H3/t19?,20?,21?,22?,26-/m1/s1. The van der Waals surface area contributed by atoms with Crippen LogP contribution in [0.15, 0.2) is 36.8 Å². The molecule has 3 aliphatic rings. The Morgan fingerprint density at radius 2 is 1.98 bits per heavy atom. The Labute approximate surface area is 245 Å². The average molecular weight is 594 g/mol. The summed E-state index contributed by atoms with van der Waals surface area (Å²) in [5.41, 5.74) is 3.23. The predicted molar refractivity (Wildman–Crippen MR) is 148 cm³/mol. The Morgan fingerprint density at radius 1 is 1.19 bits per heavy atom. The maximum atomic E-state index is 13.4. The minimum Gasteiger partial charge on any atom is -0.479 e. The van der Waals surface area contributed by atoms with E-state index in [1.54, 1.807) is 10.6 Å². The summed E-state index contributed by atoms with van der Waals surface area (Å²) in [5, 5.41) is 33.4. The Bertz CT molecular complexity index is 1630.